The molecule has 0 atom stereocenters. The maximum atomic E-state index is 13.2. The third-order valence-electron chi connectivity index (χ3n) is 5.09. The molecular formula is C23H17F3N2O4. The minimum atomic E-state index is -4.48. The Morgan fingerprint density at radius 2 is 1.62 bits per heavy atom. The second-order valence-corrected chi connectivity index (χ2v) is 7.18. The van der Waals surface area contributed by atoms with Gasteiger partial charge >= 0.3 is 12.1 Å². The Bertz CT molecular complexity index is 1360. The van der Waals surface area contributed by atoms with E-state index >= 15 is 0 Å². The van der Waals surface area contributed by atoms with E-state index in [0.29, 0.717) is 27.4 Å². The van der Waals surface area contributed by atoms with Crippen LogP contribution in [0.2, 0.25) is 0 Å². The van der Waals surface area contributed by atoms with Crippen LogP contribution in [0.1, 0.15) is 21.5 Å². The predicted molar refractivity (Wildman–Crippen MR) is 112 cm³/mol. The fourth-order valence-corrected chi connectivity index (χ4v) is 3.82. The number of benzene rings is 3. The first-order chi connectivity index (χ1) is 15.2. The van der Waals surface area contributed by atoms with Crippen LogP contribution in [0.3, 0.4) is 0 Å². The lowest BCUT2D eigenvalue weighted by atomic mass is 10.1. The Kier molecular flexibility index (Phi) is 5.25. The number of carboxylic acids is 1. The van der Waals surface area contributed by atoms with Crippen LogP contribution in [-0.2, 0) is 17.5 Å². The van der Waals surface area contributed by atoms with Crippen molar-refractivity contribution in [2.75, 3.05) is 6.61 Å². The van der Waals surface area contributed by atoms with Gasteiger partial charge in [-0.05, 0) is 42.0 Å². The number of halogens is 3. The molecule has 0 saturated heterocycles. The van der Waals surface area contributed by atoms with Gasteiger partial charge in [-0.25, -0.2) is 4.79 Å². The van der Waals surface area contributed by atoms with Crippen molar-refractivity contribution in [3.05, 3.63) is 77.4 Å². The van der Waals surface area contributed by atoms with E-state index in [1.807, 2.05) is 0 Å². The van der Waals surface area contributed by atoms with Crippen LogP contribution in [-0.4, -0.2) is 28.2 Å². The van der Waals surface area contributed by atoms with Crippen molar-refractivity contribution in [1.82, 2.24) is 4.57 Å². The van der Waals surface area contributed by atoms with Crippen LogP contribution < -0.4 is 10.5 Å². The van der Waals surface area contributed by atoms with E-state index in [2.05, 4.69) is 0 Å². The third kappa shape index (κ3) is 3.84. The van der Waals surface area contributed by atoms with Crippen molar-refractivity contribution in [1.29, 1.82) is 0 Å². The summed E-state index contributed by atoms with van der Waals surface area (Å²) in [5.74, 6) is -1.64. The number of ether oxygens (including phenoxy) is 1. The third-order valence-corrected chi connectivity index (χ3v) is 5.09. The first-order valence-corrected chi connectivity index (χ1v) is 9.51. The van der Waals surface area contributed by atoms with Crippen molar-refractivity contribution in [3.63, 3.8) is 0 Å². The van der Waals surface area contributed by atoms with Crippen molar-refractivity contribution in [3.8, 4) is 5.75 Å². The fraction of sp³-hybridized carbons (Fsp3) is 0.130. The zero-order valence-electron chi connectivity index (χ0n) is 16.5. The number of rotatable bonds is 6. The second-order valence-electron chi connectivity index (χ2n) is 7.18. The van der Waals surface area contributed by atoms with Gasteiger partial charge in [-0.3, -0.25) is 4.79 Å². The minimum Gasteiger partial charge on any atom is -0.481 e. The Labute approximate surface area is 179 Å². The number of hydrogen-bond donors (Lipinski definition) is 2. The van der Waals surface area contributed by atoms with Gasteiger partial charge in [-0.1, -0.05) is 24.3 Å². The van der Waals surface area contributed by atoms with E-state index in [1.54, 1.807) is 41.0 Å². The number of fused-ring (bicyclic) bond motifs is 3. The minimum absolute atomic E-state index is 0.0779. The van der Waals surface area contributed by atoms with E-state index in [4.69, 9.17) is 15.6 Å². The van der Waals surface area contributed by atoms with Crippen LogP contribution in [0, 0.1) is 0 Å². The number of primary amides is 1. The number of aromatic nitrogens is 1. The molecule has 0 spiro atoms. The fourth-order valence-electron chi connectivity index (χ4n) is 3.82. The smallest absolute Gasteiger partial charge is 0.416 e. The van der Waals surface area contributed by atoms with Gasteiger partial charge in [0.25, 0.3) is 0 Å². The van der Waals surface area contributed by atoms with Gasteiger partial charge in [0.2, 0.25) is 5.91 Å². The highest BCUT2D eigenvalue weighted by molar-refractivity contribution is 6.19. The highest BCUT2D eigenvalue weighted by atomic mass is 19.4. The summed E-state index contributed by atoms with van der Waals surface area (Å²) < 4.78 is 46.7. The second kappa shape index (κ2) is 7.92. The molecule has 0 radical (unpaired) electrons. The molecule has 0 unspecified atom stereocenters. The highest BCUT2D eigenvalue weighted by Gasteiger charge is 2.30. The summed E-state index contributed by atoms with van der Waals surface area (Å²) in [6, 6.07) is 14.8. The molecule has 32 heavy (non-hydrogen) atoms. The molecule has 4 rings (SSSR count). The monoisotopic (exact) mass is 442 g/mol. The van der Waals surface area contributed by atoms with Gasteiger partial charge in [-0.15, -0.1) is 0 Å². The lowest BCUT2D eigenvalue weighted by molar-refractivity contribution is -0.139. The molecule has 1 heterocycles. The lowest BCUT2D eigenvalue weighted by Crippen LogP contribution is -2.11. The van der Waals surface area contributed by atoms with Crippen LogP contribution in [0.15, 0.2) is 60.7 Å². The molecule has 4 aromatic rings. The summed E-state index contributed by atoms with van der Waals surface area (Å²) in [5, 5.41) is 9.91. The summed E-state index contributed by atoms with van der Waals surface area (Å²) in [6.07, 6.45) is -4.48. The summed E-state index contributed by atoms with van der Waals surface area (Å²) in [4.78, 5) is 23.1. The molecule has 3 aromatic carbocycles. The van der Waals surface area contributed by atoms with Gasteiger partial charge in [0.1, 0.15) is 5.75 Å². The maximum Gasteiger partial charge on any atom is 0.416 e. The molecule has 0 saturated carbocycles. The van der Waals surface area contributed by atoms with Crippen LogP contribution >= 0.6 is 0 Å². The molecule has 164 valence electrons. The Morgan fingerprint density at radius 3 is 2.28 bits per heavy atom. The topological polar surface area (TPSA) is 94.6 Å². The number of alkyl halides is 3. The van der Waals surface area contributed by atoms with Crippen molar-refractivity contribution in [2.45, 2.75) is 12.7 Å². The number of amides is 1. The Balaban J connectivity index is 1.97. The summed E-state index contributed by atoms with van der Waals surface area (Å²) in [7, 11) is 0. The molecule has 0 bridgehead atoms. The van der Waals surface area contributed by atoms with Crippen molar-refractivity contribution < 1.29 is 32.6 Å². The zero-order valence-corrected chi connectivity index (χ0v) is 16.5. The van der Waals surface area contributed by atoms with Crippen LogP contribution in [0.5, 0.6) is 5.75 Å². The first-order valence-electron chi connectivity index (χ1n) is 9.51. The van der Waals surface area contributed by atoms with Gasteiger partial charge in [-0.2, -0.15) is 13.2 Å². The van der Waals surface area contributed by atoms with Crippen molar-refractivity contribution >= 4 is 33.7 Å². The Hall–Kier alpha value is -4.01. The summed E-state index contributed by atoms with van der Waals surface area (Å²) >= 11 is 0. The van der Waals surface area contributed by atoms with E-state index in [9.17, 15) is 22.8 Å². The molecule has 3 N–H and O–H groups in total. The molecule has 0 aliphatic rings. The van der Waals surface area contributed by atoms with Gasteiger partial charge in [0.05, 0.1) is 22.0 Å². The molecule has 0 aliphatic heterocycles. The van der Waals surface area contributed by atoms with Crippen LogP contribution in [0.25, 0.3) is 21.8 Å². The molecule has 9 heteroatoms. The normalized spacial score (nSPS) is 11.7. The predicted octanol–water partition coefficient (Wildman–Crippen LogP) is 4.42. The lowest BCUT2D eigenvalue weighted by Gasteiger charge is -2.11. The van der Waals surface area contributed by atoms with Crippen LogP contribution in [0.4, 0.5) is 13.2 Å². The number of aliphatic carboxylic acids is 1. The van der Waals surface area contributed by atoms with Gasteiger partial charge in [0.15, 0.2) is 6.61 Å². The largest absolute Gasteiger partial charge is 0.481 e. The Morgan fingerprint density at radius 1 is 0.969 bits per heavy atom. The molecule has 6 nitrogen and oxygen atoms in total. The van der Waals surface area contributed by atoms with Crippen molar-refractivity contribution in [2.24, 2.45) is 5.73 Å². The average Bonchev–Trinajstić information content (AvgIpc) is 3.06. The zero-order chi connectivity index (χ0) is 23.0. The average molecular weight is 442 g/mol. The van der Waals surface area contributed by atoms with Gasteiger partial charge in [0, 0.05) is 17.5 Å². The number of nitrogens with two attached hydrogens (primary N) is 1. The summed E-state index contributed by atoms with van der Waals surface area (Å²) in [5.41, 5.74) is 6.52. The molecule has 1 amide bonds. The van der Waals surface area contributed by atoms with E-state index < -0.39 is 30.2 Å². The molecular weight excluding hydrogens is 425 g/mol. The summed E-state index contributed by atoms with van der Waals surface area (Å²) in [6.45, 7) is -0.521. The number of nitrogens with zero attached hydrogens (tertiary/aromatic N) is 1. The molecule has 1 aromatic heterocycles. The van der Waals surface area contributed by atoms with E-state index in [0.717, 1.165) is 12.1 Å². The standard InChI is InChI=1S/C23H17F3N2O4/c24-23(25,26)14-5-1-4-13(10-14)11-28-16-7-2-6-15(22(27)31)20(16)21-17(28)8-3-9-18(21)32-12-19(29)30/h1-10H,11-12H2,(H2,27,31)(H,29,30). The number of carboxylic acid groups (broad SMARTS) is 1. The number of carbonyl (C=O) groups is 2. The maximum absolute atomic E-state index is 13.2. The quantitative estimate of drug-likeness (QED) is 0.462. The molecule has 0 aliphatic carbocycles. The SMILES string of the molecule is NC(=O)c1cccc2c1c1c(OCC(=O)O)cccc1n2Cc1cccc(C(F)(F)F)c1. The molecule has 0 fully saturated rings. The van der Waals surface area contributed by atoms with E-state index in [1.165, 1.54) is 12.1 Å². The highest BCUT2D eigenvalue weighted by Crippen LogP contribution is 2.38. The number of carbonyl (C=O) groups excluding carboxylic acids is 1. The van der Waals surface area contributed by atoms with E-state index in [-0.39, 0.29) is 17.9 Å². The van der Waals surface area contributed by atoms with Gasteiger partial charge < -0.3 is 20.1 Å². The number of hydrogen-bond acceptors (Lipinski definition) is 3. The first kappa shape index (κ1) is 21.2.